The van der Waals surface area contributed by atoms with E-state index in [4.69, 9.17) is 4.74 Å². The largest absolute Gasteiger partial charge is 0.451 e. The number of esters is 1. The number of aryl methyl sites for hydroxylation is 3. The second kappa shape index (κ2) is 8.35. The van der Waals surface area contributed by atoms with Crippen LogP contribution in [0.25, 0.3) is 0 Å². The minimum atomic E-state index is -0.407. The third-order valence-corrected chi connectivity index (χ3v) is 6.70. The number of thiophene rings is 1. The summed E-state index contributed by atoms with van der Waals surface area (Å²) in [6.07, 6.45) is 6.90. The van der Waals surface area contributed by atoms with Crippen molar-refractivity contribution >= 4 is 34.6 Å². The number of rotatable bonds is 5. The van der Waals surface area contributed by atoms with Gasteiger partial charge in [0.1, 0.15) is 4.88 Å². The number of anilines is 2. The fourth-order valence-corrected chi connectivity index (χ4v) is 5.09. The number of carbonyl (C=O) groups excluding carboxylic acids is 2. The number of nitrogens with zero attached hydrogens (tertiary/aromatic N) is 1. The van der Waals surface area contributed by atoms with Gasteiger partial charge in [-0.05, 0) is 80.8 Å². The summed E-state index contributed by atoms with van der Waals surface area (Å²) in [5.74, 6) is -0.720. The first kappa shape index (κ1) is 19.0. The monoisotopic (exact) mass is 398 g/mol. The molecule has 6 heteroatoms. The molecule has 0 bridgehead atoms. The lowest BCUT2D eigenvalue weighted by molar-refractivity contribution is -0.119. The van der Waals surface area contributed by atoms with E-state index < -0.39 is 5.97 Å². The molecule has 1 fully saturated rings. The molecule has 1 aromatic carbocycles. The van der Waals surface area contributed by atoms with Gasteiger partial charge in [0.05, 0.1) is 0 Å². The highest BCUT2D eigenvalue weighted by Crippen LogP contribution is 2.30. The summed E-state index contributed by atoms with van der Waals surface area (Å²) in [4.78, 5) is 28.8. The van der Waals surface area contributed by atoms with E-state index in [1.165, 1.54) is 53.1 Å². The van der Waals surface area contributed by atoms with Gasteiger partial charge in [0, 0.05) is 29.3 Å². The maximum atomic E-state index is 12.3. The predicted octanol–water partition coefficient (Wildman–Crippen LogP) is 4.33. The van der Waals surface area contributed by atoms with E-state index in [1.54, 1.807) is 0 Å². The van der Waals surface area contributed by atoms with Crippen LogP contribution >= 0.6 is 11.3 Å². The van der Waals surface area contributed by atoms with Gasteiger partial charge in [-0.25, -0.2) is 4.79 Å². The number of carbonyl (C=O) groups is 2. The molecule has 2 aromatic rings. The minimum Gasteiger partial charge on any atom is -0.451 e. The standard InChI is InChI=1S/C22H26N2O3S/c1-15-12-17(24-10-4-5-11-24)8-9-18(15)23-21(25)14-27-22(26)20-13-16-6-2-3-7-19(16)28-20/h8-9,12-13H,2-7,10-11,14H2,1H3,(H,23,25). The Morgan fingerprint density at radius 1 is 1.11 bits per heavy atom. The van der Waals surface area contributed by atoms with E-state index in [-0.39, 0.29) is 12.5 Å². The van der Waals surface area contributed by atoms with Crippen molar-refractivity contribution in [3.8, 4) is 0 Å². The maximum absolute atomic E-state index is 12.3. The second-order valence-electron chi connectivity index (χ2n) is 7.58. The summed E-state index contributed by atoms with van der Waals surface area (Å²) < 4.78 is 5.24. The molecule has 1 N–H and O–H groups in total. The van der Waals surface area contributed by atoms with Gasteiger partial charge in [0.25, 0.3) is 5.91 Å². The van der Waals surface area contributed by atoms with E-state index in [0.717, 1.165) is 37.2 Å². The summed E-state index contributed by atoms with van der Waals surface area (Å²) in [7, 11) is 0. The summed E-state index contributed by atoms with van der Waals surface area (Å²) >= 11 is 1.50. The molecule has 0 radical (unpaired) electrons. The number of nitrogens with one attached hydrogen (secondary N) is 1. The molecule has 4 rings (SSSR count). The van der Waals surface area contributed by atoms with Gasteiger partial charge >= 0.3 is 5.97 Å². The van der Waals surface area contributed by atoms with Crippen LogP contribution in [0.1, 0.15) is 51.4 Å². The van der Waals surface area contributed by atoms with Gasteiger partial charge in [-0.1, -0.05) is 0 Å². The zero-order valence-electron chi connectivity index (χ0n) is 16.3. The number of benzene rings is 1. The Labute approximate surface area is 169 Å². The van der Waals surface area contributed by atoms with Crippen molar-refractivity contribution in [1.29, 1.82) is 0 Å². The van der Waals surface area contributed by atoms with Crippen molar-refractivity contribution in [1.82, 2.24) is 0 Å². The number of ether oxygens (including phenoxy) is 1. The van der Waals surface area contributed by atoms with Crippen molar-refractivity contribution in [3.63, 3.8) is 0 Å². The number of hydrogen-bond donors (Lipinski definition) is 1. The molecule has 5 nitrogen and oxygen atoms in total. The Morgan fingerprint density at radius 2 is 1.89 bits per heavy atom. The van der Waals surface area contributed by atoms with Crippen molar-refractivity contribution in [2.75, 3.05) is 29.9 Å². The van der Waals surface area contributed by atoms with Crippen molar-refractivity contribution in [2.24, 2.45) is 0 Å². The molecule has 28 heavy (non-hydrogen) atoms. The fourth-order valence-electron chi connectivity index (χ4n) is 3.94. The van der Waals surface area contributed by atoms with E-state index in [2.05, 4.69) is 16.3 Å². The van der Waals surface area contributed by atoms with Gasteiger partial charge in [-0.2, -0.15) is 0 Å². The van der Waals surface area contributed by atoms with Crippen LogP contribution in [0.15, 0.2) is 24.3 Å². The van der Waals surface area contributed by atoms with E-state index in [1.807, 2.05) is 25.1 Å². The van der Waals surface area contributed by atoms with E-state index >= 15 is 0 Å². The molecule has 2 heterocycles. The lowest BCUT2D eigenvalue weighted by Gasteiger charge is -2.19. The van der Waals surface area contributed by atoms with E-state index in [0.29, 0.717) is 4.88 Å². The predicted molar refractivity (Wildman–Crippen MR) is 112 cm³/mol. The number of fused-ring (bicyclic) bond motifs is 1. The molecule has 0 saturated carbocycles. The third kappa shape index (κ3) is 4.22. The van der Waals surface area contributed by atoms with Crippen molar-refractivity contribution in [2.45, 2.75) is 45.4 Å². The SMILES string of the molecule is Cc1cc(N2CCCC2)ccc1NC(=O)COC(=O)c1cc2c(s1)CCCC2. The van der Waals surface area contributed by atoms with E-state index in [9.17, 15) is 9.59 Å². The zero-order valence-corrected chi connectivity index (χ0v) is 17.1. The first-order valence-corrected chi connectivity index (χ1v) is 10.9. The van der Waals surface area contributed by atoms with Gasteiger partial charge in [-0.15, -0.1) is 11.3 Å². The van der Waals surface area contributed by atoms with Crippen molar-refractivity contribution in [3.05, 3.63) is 45.1 Å². The molecule has 0 spiro atoms. The quantitative estimate of drug-likeness (QED) is 0.762. The summed E-state index contributed by atoms with van der Waals surface area (Å²) in [6, 6.07) is 8.00. The van der Waals surface area contributed by atoms with Crippen LogP contribution in [0.4, 0.5) is 11.4 Å². The number of amides is 1. The first-order chi connectivity index (χ1) is 13.6. The molecule has 0 unspecified atom stereocenters. The van der Waals surface area contributed by atoms with Gasteiger partial charge in [0.2, 0.25) is 0 Å². The lowest BCUT2D eigenvalue weighted by Crippen LogP contribution is -2.21. The van der Waals surface area contributed by atoms with Gasteiger partial charge in [0.15, 0.2) is 6.61 Å². The highest BCUT2D eigenvalue weighted by molar-refractivity contribution is 7.14. The average molecular weight is 399 g/mol. The van der Waals surface area contributed by atoms with Crippen LogP contribution in [-0.4, -0.2) is 31.6 Å². The van der Waals surface area contributed by atoms with Crippen LogP contribution < -0.4 is 10.2 Å². The normalized spacial score (nSPS) is 16.0. The highest BCUT2D eigenvalue weighted by atomic mass is 32.1. The number of hydrogen-bond acceptors (Lipinski definition) is 5. The Kier molecular flexibility index (Phi) is 5.67. The van der Waals surface area contributed by atoms with Gasteiger partial charge in [-0.3, -0.25) is 4.79 Å². The van der Waals surface area contributed by atoms with Crippen LogP contribution in [0.2, 0.25) is 0 Å². The topological polar surface area (TPSA) is 58.6 Å². The van der Waals surface area contributed by atoms with Crippen LogP contribution in [0.3, 0.4) is 0 Å². The third-order valence-electron chi connectivity index (χ3n) is 5.49. The molecular formula is C22H26N2O3S. The van der Waals surface area contributed by atoms with Crippen LogP contribution in [-0.2, 0) is 22.4 Å². The van der Waals surface area contributed by atoms with Gasteiger partial charge < -0.3 is 15.0 Å². The molecular weight excluding hydrogens is 372 g/mol. The summed E-state index contributed by atoms with van der Waals surface area (Å²) in [5.41, 5.74) is 4.23. The first-order valence-electron chi connectivity index (χ1n) is 10.0. The Balaban J connectivity index is 1.31. The Morgan fingerprint density at radius 3 is 2.64 bits per heavy atom. The average Bonchev–Trinajstić information content (AvgIpc) is 3.37. The van der Waals surface area contributed by atoms with Crippen LogP contribution in [0, 0.1) is 6.92 Å². The minimum absolute atomic E-state index is 0.269. The summed E-state index contributed by atoms with van der Waals surface area (Å²) in [6.45, 7) is 3.90. The summed E-state index contributed by atoms with van der Waals surface area (Å²) in [5, 5.41) is 2.85. The highest BCUT2D eigenvalue weighted by Gasteiger charge is 2.19. The zero-order chi connectivity index (χ0) is 19.5. The molecule has 0 atom stereocenters. The molecule has 148 valence electrons. The second-order valence-corrected chi connectivity index (χ2v) is 8.72. The molecule has 2 aliphatic rings. The van der Waals surface area contributed by atoms with Crippen LogP contribution in [0.5, 0.6) is 0 Å². The molecule has 1 aromatic heterocycles. The van der Waals surface area contributed by atoms with Crippen molar-refractivity contribution < 1.29 is 14.3 Å². The molecule has 1 aliphatic heterocycles. The molecule has 1 aliphatic carbocycles. The Hall–Kier alpha value is -2.34. The molecule has 1 amide bonds. The smallest absolute Gasteiger partial charge is 0.348 e. The molecule has 1 saturated heterocycles. The maximum Gasteiger partial charge on any atom is 0.348 e. The Bertz CT molecular complexity index is 860. The lowest BCUT2D eigenvalue weighted by atomic mass is 9.99. The fraction of sp³-hybridized carbons (Fsp3) is 0.455.